The molecule has 0 aromatic rings. The monoisotopic (exact) mass is 185 g/mol. The van der Waals surface area contributed by atoms with Gasteiger partial charge >= 0.3 is 0 Å². The van der Waals surface area contributed by atoms with Crippen molar-refractivity contribution in [3.05, 3.63) is 25.3 Å². The van der Waals surface area contributed by atoms with Crippen molar-refractivity contribution in [3.8, 4) is 0 Å². The summed E-state index contributed by atoms with van der Waals surface area (Å²) in [6.45, 7) is 11.0. The summed E-state index contributed by atoms with van der Waals surface area (Å²) < 4.78 is 5.15. The minimum atomic E-state index is 0.0862. The van der Waals surface area contributed by atoms with E-state index in [1.165, 1.54) is 0 Å². The molecule has 13 heavy (non-hydrogen) atoms. The van der Waals surface area contributed by atoms with Crippen molar-refractivity contribution in [1.82, 2.24) is 4.90 Å². The fourth-order valence-electron chi connectivity index (χ4n) is 0.983. The molecule has 3 nitrogen and oxygen atoms in total. The first-order valence-corrected chi connectivity index (χ1v) is 4.48. The van der Waals surface area contributed by atoms with Gasteiger partial charge in [-0.3, -0.25) is 4.90 Å². The third-order valence-corrected chi connectivity index (χ3v) is 1.56. The SMILES string of the molecule is C=CCN(CC=C)CCOCCO. The summed E-state index contributed by atoms with van der Waals surface area (Å²) in [6, 6.07) is 0. The van der Waals surface area contributed by atoms with E-state index in [4.69, 9.17) is 9.84 Å². The zero-order valence-electron chi connectivity index (χ0n) is 8.11. The second-order valence-corrected chi connectivity index (χ2v) is 2.67. The molecular formula is C10H19NO2. The zero-order valence-corrected chi connectivity index (χ0v) is 8.11. The molecule has 0 aliphatic rings. The van der Waals surface area contributed by atoms with Crippen molar-refractivity contribution in [2.24, 2.45) is 0 Å². The lowest BCUT2D eigenvalue weighted by atomic mass is 10.4. The summed E-state index contributed by atoms with van der Waals surface area (Å²) in [5.74, 6) is 0. The smallest absolute Gasteiger partial charge is 0.0698 e. The number of rotatable bonds is 9. The van der Waals surface area contributed by atoms with Crippen LogP contribution in [0.1, 0.15) is 0 Å². The number of hydrogen-bond donors (Lipinski definition) is 1. The van der Waals surface area contributed by atoms with Crippen LogP contribution in [0.5, 0.6) is 0 Å². The third-order valence-electron chi connectivity index (χ3n) is 1.56. The maximum Gasteiger partial charge on any atom is 0.0698 e. The molecule has 0 rings (SSSR count). The van der Waals surface area contributed by atoms with E-state index in [-0.39, 0.29) is 6.61 Å². The van der Waals surface area contributed by atoms with E-state index in [0.717, 1.165) is 19.6 Å². The fourth-order valence-corrected chi connectivity index (χ4v) is 0.983. The number of ether oxygens (including phenoxy) is 1. The number of aliphatic hydroxyl groups excluding tert-OH is 1. The van der Waals surface area contributed by atoms with Gasteiger partial charge in [0.15, 0.2) is 0 Å². The van der Waals surface area contributed by atoms with Crippen LogP contribution in [0.3, 0.4) is 0 Å². The van der Waals surface area contributed by atoms with Gasteiger partial charge in [-0.2, -0.15) is 0 Å². The van der Waals surface area contributed by atoms with Gasteiger partial charge in [-0.1, -0.05) is 12.2 Å². The summed E-state index contributed by atoms with van der Waals surface area (Å²) in [4.78, 5) is 2.16. The van der Waals surface area contributed by atoms with Gasteiger partial charge in [-0.15, -0.1) is 13.2 Å². The molecule has 0 unspecified atom stereocenters. The summed E-state index contributed by atoms with van der Waals surface area (Å²) >= 11 is 0. The highest BCUT2D eigenvalue weighted by Gasteiger charge is 1.98. The zero-order chi connectivity index (χ0) is 9.94. The molecule has 0 saturated heterocycles. The van der Waals surface area contributed by atoms with Crippen LogP contribution in [0.15, 0.2) is 25.3 Å². The molecule has 0 heterocycles. The lowest BCUT2D eigenvalue weighted by Gasteiger charge is -2.18. The lowest BCUT2D eigenvalue weighted by Crippen LogP contribution is -2.28. The molecule has 0 aliphatic carbocycles. The maximum absolute atomic E-state index is 8.47. The molecule has 76 valence electrons. The molecule has 0 radical (unpaired) electrons. The van der Waals surface area contributed by atoms with Crippen molar-refractivity contribution in [2.75, 3.05) is 39.5 Å². The quantitative estimate of drug-likeness (QED) is 0.423. The number of nitrogens with zero attached hydrogens (tertiary/aromatic N) is 1. The minimum absolute atomic E-state index is 0.0862. The number of aliphatic hydroxyl groups is 1. The highest BCUT2D eigenvalue weighted by atomic mass is 16.5. The van der Waals surface area contributed by atoms with Crippen molar-refractivity contribution >= 4 is 0 Å². The largest absolute Gasteiger partial charge is 0.394 e. The Morgan fingerprint density at radius 2 is 1.77 bits per heavy atom. The van der Waals surface area contributed by atoms with Gasteiger partial charge in [0.25, 0.3) is 0 Å². The Labute approximate surface area is 80.3 Å². The van der Waals surface area contributed by atoms with Gasteiger partial charge in [-0.25, -0.2) is 0 Å². The predicted octanol–water partition coefficient (Wildman–Crippen LogP) is 0.669. The van der Waals surface area contributed by atoms with Gasteiger partial charge < -0.3 is 9.84 Å². The first-order chi connectivity index (χ1) is 6.35. The Morgan fingerprint density at radius 1 is 1.15 bits per heavy atom. The average molecular weight is 185 g/mol. The van der Waals surface area contributed by atoms with E-state index in [9.17, 15) is 0 Å². The van der Waals surface area contributed by atoms with Crippen molar-refractivity contribution in [3.63, 3.8) is 0 Å². The van der Waals surface area contributed by atoms with Crippen molar-refractivity contribution < 1.29 is 9.84 Å². The third kappa shape index (κ3) is 7.71. The molecule has 0 spiro atoms. The standard InChI is InChI=1S/C10H19NO2/c1-3-5-11(6-4-2)7-9-13-10-8-12/h3-4,12H,1-2,5-10H2. The van der Waals surface area contributed by atoms with E-state index in [1.54, 1.807) is 0 Å². The first-order valence-electron chi connectivity index (χ1n) is 4.48. The first kappa shape index (κ1) is 12.4. The van der Waals surface area contributed by atoms with Crippen LogP contribution in [-0.2, 0) is 4.74 Å². The van der Waals surface area contributed by atoms with Crippen molar-refractivity contribution in [2.45, 2.75) is 0 Å². The highest BCUT2D eigenvalue weighted by Crippen LogP contribution is 1.89. The molecule has 0 bridgehead atoms. The van der Waals surface area contributed by atoms with Crippen LogP contribution in [0, 0.1) is 0 Å². The molecule has 0 amide bonds. The highest BCUT2D eigenvalue weighted by molar-refractivity contribution is 4.79. The molecule has 0 aromatic heterocycles. The normalized spacial score (nSPS) is 10.3. The molecule has 0 saturated carbocycles. The van der Waals surface area contributed by atoms with Gasteiger partial charge in [0.1, 0.15) is 0 Å². The Bertz CT molecular complexity index is 127. The molecule has 0 aromatic carbocycles. The topological polar surface area (TPSA) is 32.7 Å². The second kappa shape index (κ2) is 9.45. The van der Waals surface area contributed by atoms with E-state index in [1.807, 2.05) is 12.2 Å². The molecule has 0 atom stereocenters. The van der Waals surface area contributed by atoms with Gasteiger partial charge in [0.05, 0.1) is 19.8 Å². The molecule has 1 N–H and O–H groups in total. The van der Waals surface area contributed by atoms with Crippen LogP contribution in [0.25, 0.3) is 0 Å². The Kier molecular flexibility index (Phi) is 8.98. The van der Waals surface area contributed by atoms with Crippen LogP contribution >= 0.6 is 0 Å². The summed E-state index contributed by atoms with van der Waals surface area (Å²) in [6.07, 6.45) is 3.71. The predicted molar refractivity (Wildman–Crippen MR) is 54.7 cm³/mol. The Morgan fingerprint density at radius 3 is 2.23 bits per heavy atom. The van der Waals surface area contributed by atoms with Gasteiger partial charge in [0, 0.05) is 19.6 Å². The van der Waals surface area contributed by atoms with Crippen LogP contribution in [0.4, 0.5) is 0 Å². The van der Waals surface area contributed by atoms with E-state index < -0.39 is 0 Å². The van der Waals surface area contributed by atoms with E-state index >= 15 is 0 Å². The molecule has 0 fully saturated rings. The minimum Gasteiger partial charge on any atom is -0.394 e. The van der Waals surface area contributed by atoms with E-state index in [2.05, 4.69) is 18.1 Å². The van der Waals surface area contributed by atoms with Crippen LogP contribution in [0.2, 0.25) is 0 Å². The fraction of sp³-hybridized carbons (Fsp3) is 0.600. The second-order valence-electron chi connectivity index (χ2n) is 2.67. The van der Waals surface area contributed by atoms with Crippen LogP contribution in [-0.4, -0.2) is 49.5 Å². The van der Waals surface area contributed by atoms with E-state index in [0.29, 0.717) is 13.2 Å². The molecule has 0 aliphatic heterocycles. The van der Waals surface area contributed by atoms with Gasteiger partial charge in [0.2, 0.25) is 0 Å². The Hall–Kier alpha value is -0.640. The summed E-state index contributed by atoms with van der Waals surface area (Å²) in [7, 11) is 0. The molecular weight excluding hydrogens is 166 g/mol. The van der Waals surface area contributed by atoms with Crippen molar-refractivity contribution in [1.29, 1.82) is 0 Å². The Balaban J connectivity index is 3.43. The summed E-state index contributed by atoms with van der Waals surface area (Å²) in [5.41, 5.74) is 0. The molecule has 3 heteroatoms. The number of hydrogen-bond acceptors (Lipinski definition) is 3. The average Bonchev–Trinajstić information content (AvgIpc) is 2.13. The van der Waals surface area contributed by atoms with Gasteiger partial charge in [-0.05, 0) is 0 Å². The van der Waals surface area contributed by atoms with Crippen LogP contribution < -0.4 is 0 Å². The lowest BCUT2D eigenvalue weighted by molar-refractivity contribution is 0.0779. The summed E-state index contributed by atoms with van der Waals surface area (Å²) in [5, 5.41) is 8.47. The maximum atomic E-state index is 8.47.